The lowest BCUT2D eigenvalue weighted by atomic mass is 10.1. The summed E-state index contributed by atoms with van der Waals surface area (Å²) in [5.41, 5.74) is 1.96. The van der Waals surface area contributed by atoms with Gasteiger partial charge < -0.3 is 19.4 Å². The van der Waals surface area contributed by atoms with Gasteiger partial charge in [0.15, 0.2) is 5.82 Å². The zero-order valence-corrected chi connectivity index (χ0v) is 15.9. The van der Waals surface area contributed by atoms with Crippen LogP contribution in [0, 0.1) is 10.7 Å². The van der Waals surface area contributed by atoms with Gasteiger partial charge in [-0.25, -0.2) is 9.37 Å². The molecule has 0 amide bonds. The van der Waals surface area contributed by atoms with E-state index in [1.807, 2.05) is 17.2 Å². The molecule has 3 heterocycles. The number of hydrogen-bond donors (Lipinski definition) is 0. The smallest absolute Gasteiger partial charge is 0.151 e. The topological polar surface area (TPSA) is 61.3 Å². The van der Waals surface area contributed by atoms with Crippen LogP contribution in [-0.2, 0) is 11.3 Å². The van der Waals surface area contributed by atoms with Crippen molar-refractivity contribution in [2.75, 3.05) is 61.1 Å². The number of halogens is 1. The third kappa shape index (κ3) is 3.64. The maximum atomic E-state index is 14.6. The lowest BCUT2D eigenvalue weighted by molar-refractivity contribution is 0.0783. The minimum atomic E-state index is -0.342. The molecule has 1 aromatic heterocycles. The molecule has 0 unspecified atom stereocenters. The highest BCUT2D eigenvalue weighted by Crippen LogP contribution is 2.27. The number of benzene rings is 1. The predicted molar refractivity (Wildman–Crippen MR) is 108 cm³/mol. The van der Waals surface area contributed by atoms with Gasteiger partial charge in [-0.15, -0.1) is 0 Å². The molecule has 1 aromatic carbocycles. The van der Waals surface area contributed by atoms with Crippen molar-refractivity contribution in [3.05, 3.63) is 52.8 Å². The summed E-state index contributed by atoms with van der Waals surface area (Å²) in [6.07, 6.45) is 2.21. The molecule has 0 saturated carbocycles. The van der Waals surface area contributed by atoms with Gasteiger partial charge >= 0.3 is 0 Å². The van der Waals surface area contributed by atoms with Crippen molar-refractivity contribution in [2.24, 2.45) is 5.18 Å². The van der Waals surface area contributed by atoms with E-state index in [1.54, 1.807) is 25.3 Å². The first-order valence-electron chi connectivity index (χ1n) is 9.50. The Balaban J connectivity index is 1.37. The molecule has 2 aliphatic rings. The van der Waals surface area contributed by atoms with E-state index in [2.05, 4.69) is 26.0 Å². The van der Waals surface area contributed by atoms with Crippen molar-refractivity contribution in [1.29, 1.82) is 0 Å². The van der Waals surface area contributed by atoms with Crippen LogP contribution >= 0.6 is 0 Å². The average Bonchev–Trinajstić information content (AvgIpc) is 2.70. The first-order chi connectivity index (χ1) is 13.7. The lowest BCUT2D eigenvalue weighted by Crippen LogP contribution is -2.52. The van der Waals surface area contributed by atoms with Gasteiger partial charge in [0.2, 0.25) is 0 Å². The first kappa shape index (κ1) is 18.6. The summed E-state index contributed by atoms with van der Waals surface area (Å²) in [6, 6.07) is 9.28. The fourth-order valence-electron chi connectivity index (χ4n) is 3.73. The highest BCUT2D eigenvalue weighted by Gasteiger charge is 2.27. The highest BCUT2D eigenvalue weighted by atomic mass is 19.1. The van der Waals surface area contributed by atoms with E-state index in [9.17, 15) is 9.30 Å². The summed E-state index contributed by atoms with van der Waals surface area (Å²) in [6.45, 7) is 4.60. The summed E-state index contributed by atoms with van der Waals surface area (Å²) in [7, 11) is 1.74. The molecule has 2 aliphatic heterocycles. The Morgan fingerprint density at radius 3 is 2.50 bits per heavy atom. The summed E-state index contributed by atoms with van der Waals surface area (Å²) >= 11 is 0. The Labute approximate surface area is 163 Å². The molecule has 0 spiro atoms. The van der Waals surface area contributed by atoms with Crippen LogP contribution in [-0.4, -0.2) is 57.5 Å². The third-order valence-electron chi connectivity index (χ3n) is 5.52. The number of ether oxygens (including phenoxy) is 1. The zero-order valence-electron chi connectivity index (χ0n) is 15.9. The number of nitroso groups, excluding NO2 is 1. The number of aromatic nitrogens is 1. The van der Waals surface area contributed by atoms with Crippen LogP contribution in [0.25, 0.3) is 0 Å². The lowest BCUT2D eigenvalue weighted by Gasteiger charge is -2.39. The molecule has 8 heteroatoms. The van der Waals surface area contributed by atoms with Crippen LogP contribution in [0.4, 0.5) is 21.6 Å². The van der Waals surface area contributed by atoms with Gasteiger partial charge in [0.1, 0.15) is 12.4 Å². The van der Waals surface area contributed by atoms with E-state index < -0.39 is 0 Å². The minimum Gasteiger partial charge on any atom is -0.378 e. The van der Waals surface area contributed by atoms with Crippen LogP contribution < -0.4 is 14.7 Å². The average molecular weight is 385 g/mol. The van der Waals surface area contributed by atoms with Crippen molar-refractivity contribution >= 4 is 17.2 Å². The Hall–Kier alpha value is -2.74. The molecule has 2 aromatic rings. The molecule has 0 radical (unpaired) electrons. The molecule has 0 bridgehead atoms. The van der Waals surface area contributed by atoms with Gasteiger partial charge in [0.25, 0.3) is 0 Å². The van der Waals surface area contributed by atoms with E-state index in [1.165, 1.54) is 0 Å². The molecular weight excluding hydrogens is 361 g/mol. The largest absolute Gasteiger partial charge is 0.378 e. The van der Waals surface area contributed by atoms with Gasteiger partial charge in [-0.2, -0.15) is 4.91 Å². The van der Waals surface area contributed by atoms with Crippen molar-refractivity contribution in [2.45, 2.75) is 12.6 Å². The number of pyridine rings is 1. The molecule has 28 heavy (non-hydrogen) atoms. The van der Waals surface area contributed by atoms with Crippen molar-refractivity contribution in [3.8, 4) is 0 Å². The maximum absolute atomic E-state index is 14.6. The van der Waals surface area contributed by atoms with E-state index in [0.717, 1.165) is 37.7 Å². The van der Waals surface area contributed by atoms with E-state index in [0.29, 0.717) is 30.4 Å². The van der Waals surface area contributed by atoms with Crippen molar-refractivity contribution in [1.82, 2.24) is 4.98 Å². The van der Waals surface area contributed by atoms with E-state index >= 15 is 0 Å². The van der Waals surface area contributed by atoms with Gasteiger partial charge in [-0.1, -0.05) is 17.3 Å². The monoisotopic (exact) mass is 385 g/mol. The van der Waals surface area contributed by atoms with Gasteiger partial charge in [-0.3, -0.25) is 0 Å². The van der Waals surface area contributed by atoms with Crippen LogP contribution in [0.1, 0.15) is 5.56 Å². The third-order valence-corrected chi connectivity index (χ3v) is 5.52. The zero-order chi connectivity index (χ0) is 19.5. The van der Waals surface area contributed by atoms with Crippen molar-refractivity contribution < 1.29 is 9.13 Å². The molecule has 0 N–H and O–H groups in total. The standard InChI is InChI=1S/C20H24FN5O2/c1-28-17-13-26(14-17)19-6-5-16(12-22-19)24-7-9-25(10-8-24)18-4-2-3-15(11-23-27)20(18)21/h2-6,12,17H,7-11,13-14H2,1H3. The second kappa shape index (κ2) is 8.10. The molecule has 7 nitrogen and oxygen atoms in total. The molecule has 0 aliphatic carbocycles. The van der Waals surface area contributed by atoms with Crippen molar-refractivity contribution in [3.63, 3.8) is 0 Å². The molecular formula is C20H24FN5O2. The predicted octanol–water partition coefficient (Wildman–Crippen LogP) is 2.65. The van der Waals surface area contributed by atoms with Gasteiger partial charge in [0, 0.05) is 51.9 Å². The van der Waals surface area contributed by atoms with Crippen LogP contribution in [0.2, 0.25) is 0 Å². The van der Waals surface area contributed by atoms with Crippen LogP contribution in [0.15, 0.2) is 41.7 Å². The Bertz CT molecular complexity index is 818. The number of hydrogen-bond acceptors (Lipinski definition) is 7. The Morgan fingerprint density at radius 2 is 1.86 bits per heavy atom. The fraction of sp³-hybridized carbons (Fsp3) is 0.450. The summed E-state index contributed by atoms with van der Waals surface area (Å²) in [5.74, 6) is 0.629. The molecule has 4 rings (SSSR count). The normalized spacial score (nSPS) is 17.6. The quantitative estimate of drug-likeness (QED) is 0.713. The Kier molecular flexibility index (Phi) is 5.38. The van der Waals surface area contributed by atoms with Crippen LogP contribution in [0.3, 0.4) is 0 Å². The fourth-order valence-corrected chi connectivity index (χ4v) is 3.73. The molecule has 2 saturated heterocycles. The van der Waals surface area contributed by atoms with Gasteiger partial charge in [-0.05, 0) is 18.2 Å². The molecule has 148 valence electrons. The summed E-state index contributed by atoms with van der Waals surface area (Å²) < 4.78 is 19.9. The first-order valence-corrected chi connectivity index (χ1v) is 9.50. The van der Waals surface area contributed by atoms with E-state index in [-0.39, 0.29) is 12.4 Å². The number of rotatable bonds is 6. The Morgan fingerprint density at radius 1 is 1.11 bits per heavy atom. The summed E-state index contributed by atoms with van der Waals surface area (Å²) in [4.78, 5) is 21.5. The number of nitrogens with zero attached hydrogens (tertiary/aromatic N) is 5. The van der Waals surface area contributed by atoms with Gasteiger partial charge in [0.05, 0.1) is 23.7 Å². The number of anilines is 3. The number of methoxy groups -OCH3 is 1. The maximum Gasteiger partial charge on any atom is 0.151 e. The second-order valence-electron chi connectivity index (χ2n) is 7.15. The van der Waals surface area contributed by atoms with E-state index in [4.69, 9.17) is 4.74 Å². The molecule has 0 atom stereocenters. The van der Waals surface area contributed by atoms with Crippen LogP contribution in [0.5, 0.6) is 0 Å². The highest BCUT2D eigenvalue weighted by molar-refractivity contribution is 5.55. The number of piperazine rings is 1. The minimum absolute atomic E-state index is 0.139. The molecule has 2 fully saturated rings. The summed E-state index contributed by atoms with van der Waals surface area (Å²) in [5, 5.41) is 2.81. The second-order valence-corrected chi connectivity index (χ2v) is 7.15. The SMILES string of the molecule is COC1CN(c2ccc(N3CCN(c4cccc(CN=O)c4F)CC3)cn2)C1.